The fourth-order valence-corrected chi connectivity index (χ4v) is 5.36. The average Bonchev–Trinajstić information content (AvgIpc) is 3.29. The van der Waals surface area contributed by atoms with Crippen LogP contribution < -0.4 is 4.90 Å². The van der Waals surface area contributed by atoms with Gasteiger partial charge in [0.15, 0.2) is 15.9 Å². The number of aryl methyl sites for hydroxylation is 2. The van der Waals surface area contributed by atoms with Crippen LogP contribution in [0, 0.1) is 13.8 Å². The molecule has 4 rings (SSSR count). The van der Waals surface area contributed by atoms with Crippen molar-refractivity contribution >= 4 is 68.7 Å². The van der Waals surface area contributed by atoms with E-state index in [1.807, 2.05) is 31.4 Å². The highest BCUT2D eigenvalue weighted by Gasteiger charge is 2.20. The maximum absolute atomic E-state index is 12.4. The lowest BCUT2D eigenvalue weighted by Gasteiger charge is -2.20. The Kier molecular flexibility index (Phi) is 6.02. The molecule has 0 bridgehead atoms. The zero-order valence-corrected chi connectivity index (χ0v) is 19.5. The number of hydrogen-bond donors (Lipinski definition) is 0. The van der Waals surface area contributed by atoms with E-state index in [1.54, 1.807) is 28.5 Å². The molecular weight excluding hydrogens is 461 g/mol. The number of carbonyl (C=O) groups is 1. The first kappa shape index (κ1) is 21.1. The van der Waals surface area contributed by atoms with Crippen LogP contribution in [-0.2, 0) is 10.5 Å². The third-order valence-corrected chi connectivity index (χ3v) is 6.72. The largest absolute Gasteiger partial charge is 0.275 e. The number of halogens is 2. The second-order valence-electron chi connectivity index (χ2n) is 6.74. The highest BCUT2D eigenvalue weighted by molar-refractivity contribution is 7.98. The van der Waals surface area contributed by atoms with Crippen molar-refractivity contribution in [2.75, 3.05) is 4.90 Å². The fourth-order valence-electron chi connectivity index (χ4n) is 3.07. The molecule has 0 saturated carbocycles. The van der Waals surface area contributed by atoms with E-state index in [2.05, 4.69) is 21.2 Å². The van der Waals surface area contributed by atoms with Gasteiger partial charge in [0.1, 0.15) is 0 Å². The zero-order valence-electron chi connectivity index (χ0n) is 16.4. The molecule has 4 aromatic rings. The highest BCUT2D eigenvalue weighted by atomic mass is 35.5. The third-order valence-electron chi connectivity index (χ3n) is 4.38. The van der Waals surface area contributed by atoms with Crippen LogP contribution in [0.4, 0.5) is 10.8 Å². The molecule has 30 heavy (non-hydrogen) atoms. The molecule has 3 aromatic heterocycles. The molecule has 0 fully saturated rings. The van der Waals surface area contributed by atoms with Crippen LogP contribution in [-0.4, -0.2) is 25.5 Å². The number of carbonyl (C=O) groups excluding carboxylic acids is 1. The summed E-state index contributed by atoms with van der Waals surface area (Å²) in [5.74, 6) is 0.489. The Bertz CT molecular complexity index is 1250. The van der Waals surface area contributed by atoms with Crippen LogP contribution in [0.25, 0.3) is 5.65 Å². The van der Waals surface area contributed by atoms with Crippen LogP contribution >= 0.6 is 46.3 Å². The van der Waals surface area contributed by atoms with E-state index in [-0.39, 0.29) is 5.91 Å². The molecule has 0 N–H and O–H groups in total. The lowest BCUT2D eigenvalue weighted by atomic mass is 10.1. The van der Waals surface area contributed by atoms with E-state index in [0.29, 0.717) is 31.7 Å². The van der Waals surface area contributed by atoms with E-state index in [1.165, 1.54) is 23.1 Å². The number of benzene rings is 1. The first-order chi connectivity index (χ1) is 14.3. The Morgan fingerprint density at radius 2 is 2.03 bits per heavy atom. The molecule has 0 atom stereocenters. The van der Waals surface area contributed by atoms with Crippen molar-refractivity contribution in [3.05, 3.63) is 62.7 Å². The van der Waals surface area contributed by atoms with Gasteiger partial charge in [-0.15, -0.1) is 21.5 Å². The Hall–Kier alpha value is -2.13. The normalized spacial score (nSPS) is 11.2. The zero-order chi connectivity index (χ0) is 21.4. The minimum absolute atomic E-state index is 0.0803. The summed E-state index contributed by atoms with van der Waals surface area (Å²) in [6.45, 7) is 5.57. The average molecular weight is 478 g/mol. The molecule has 0 radical (unpaired) electrons. The van der Waals surface area contributed by atoms with Crippen molar-refractivity contribution < 1.29 is 4.79 Å². The van der Waals surface area contributed by atoms with Crippen molar-refractivity contribution in [3.63, 3.8) is 0 Å². The minimum atomic E-state index is -0.0803. The molecule has 1 aromatic carbocycles. The van der Waals surface area contributed by atoms with Crippen molar-refractivity contribution in [3.8, 4) is 0 Å². The number of nitrogens with zero attached hydrogens (tertiary/aromatic N) is 5. The number of thiazole rings is 1. The summed E-state index contributed by atoms with van der Waals surface area (Å²) in [7, 11) is 0. The van der Waals surface area contributed by atoms with E-state index < -0.39 is 0 Å². The highest BCUT2D eigenvalue weighted by Crippen LogP contribution is 2.33. The minimum Gasteiger partial charge on any atom is -0.275 e. The topological polar surface area (TPSA) is 63.4 Å². The van der Waals surface area contributed by atoms with E-state index in [9.17, 15) is 4.79 Å². The Balaban J connectivity index is 1.57. The molecule has 0 aliphatic rings. The summed E-state index contributed by atoms with van der Waals surface area (Å²) in [4.78, 5) is 18.7. The third kappa shape index (κ3) is 4.18. The summed E-state index contributed by atoms with van der Waals surface area (Å²) >= 11 is 15.2. The molecule has 0 spiro atoms. The summed E-state index contributed by atoms with van der Waals surface area (Å²) in [5, 5.41) is 12.5. The monoisotopic (exact) mass is 477 g/mol. The van der Waals surface area contributed by atoms with Crippen molar-refractivity contribution in [2.24, 2.45) is 0 Å². The summed E-state index contributed by atoms with van der Waals surface area (Å²) in [6, 6.07) is 7.65. The van der Waals surface area contributed by atoms with Crippen LogP contribution in [0.2, 0.25) is 10.0 Å². The second kappa shape index (κ2) is 8.55. The van der Waals surface area contributed by atoms with Gasteiger partial charge in [0.2, 0.25) is 5.91 Å². The van der Waals surface area contributed by atoms with Gasteiger partial charge in [-0.3, -0.25) is 14.1 Å². The van der Waals surface area contributed by atoms with Gasteiger partial charge in [-0.05, 0) is 31.5 Å². The summed E-state index contributed by atoms with van der Waals surface area (Å²) in [6.07, 6.45) is 1.73. The number of amides is 1. The number of aromatic nitrogens is 4. The lowest BCUT2D eigenvalue weighted by Crippen LogP contribution is -2.23. The standard InChI is InChI=1S/C20H17Cl2N5OS2/c1-11-4-5-17(12(2)6-11)27(13(3)28)19-23-15(9-29-19)10-30-20-25-24-18-16(22)7-14(21)8-26(18)20/h4-9H,10H2,1-3H3. The maximum atomic E-state index is 12.4. The maximum Gasteiger partial charge on any atom is 0.230 e. The molecule has 0 unspecified atom stereocenters. The molecule has 0 saturated heterocycles. The molecule has 10 heteroatoms. The van der Waals surface area contributed by atoms with E-state index in [0.717, 1.165) is 22.5 Å². The van der Waals surface area contributed by atoms with Gasteiger partial charge in [0.05, 0.1) is 21.4 Å². The van der Waals surface area contributed by atoms with Crippen molar-refractivity contribution in [1.29, 1.82) is 0 Å². The van der Waals surface area contributed by atoms with Crippen LogP contribution in [0.1, 0.15) is 23.7 Å². The summed E-state index contributed by atoms with van der Waals surface area (Å²) < 4.78 is 1.76. The van der Waals surface area contributed by atoms with Gasteiger partial charge >= 0.3 is 0 Å². The number of fused-ring (bicyclic) bond motifs is 1. The Labute approximate surface area is 191 Å². The van der Waals surface area contributed by atoms with Crippen molar-refractivity contribution in [2.45, 2.75) is 31.7 Å². The molecule has 1 amide bonds. The van der Waals surface area contributed by atoms with E-state index >= 15 is 0 Å². The Morgan fingerprint density at radius 1 is 1.23 bits per heavy atom. The van der Waals surface area contributed by atoms with Gasteiger partial charge in [-0.1, -0.05) is 52.7 Å². The first-order valence-corrected chi connectivity index (χ1v) is 11.6. The summed E-state index contributed by atoms with van der Waals surface area (Å²) in [5.41, 5.74) is 4.42. The van der Waals surface area contributed by atoms with Crippen LogP contribution in [0.3, 0.4) is 0 Å². The van der Waals surface area contributed by atoms with E-state index in [4.69, 9.17) is 23.2 Å². The fraction of sp³-hybridized carbons (Fsp3) is 0.200. The van der Waals surface area contributed by atoms with Crippen LogP contribution in [0.15, 0.2) is 41.0 Å². The predicted octanol–water partition coefficient (Wildman–Crippen LogP) is 6.09. The number of rotatable bonds is 5. The Morgan fingerprint density at radius 3 is 2.77 bits per heavy atom. The van der Waals surface area contributed by atoms with Gasteiger partial charge in [0, 0.05) is 24.3 Å². The van der Waals surface area contributed by atoms with Crippen LogP contribution in [0.5, 0.6) is 0 Å². The number of anilines is 2. The van der Waals surface area contributed by atoms with Crippen molar-refractivity contribution in [1.82, 2.24) is 19.6 Å². The number of pyridine rings is 1. The molecule has 0 aliphatic heterocycles. The first-order valence-electron chi connectivity index (χ1n) is 8.98. The molecule has 0 aliphatic carbocycles. The smallest absolute Gasteiger partial charge is 0.230 e. The van der Waals surface area contributed by atoms with Gasteiger partial charge in [0.25, 0.3) is 0 Å². The molecule has 3 heterocycles. The van der Waals surface area contributed by atoms with Gasteiger partial charge in [-0.25, -0.2) is 4.98 Å². The molecular formula is C20H17Cl2N5OS2. The quantitative estimate of drug-likeness (QED) is 0.325. The van der Waals surface area contributed by atoms with Gasteiger partial charge < -0.3 is 0 Å². The second-order valence-corrected chi connectivity index (χ2v) is 9.36. The lowest BCUT2D eigenvalue weighted by molar-refractivity contribution is -0.115. The molecule has 6 nitrogen and oxygen atoms in total. The van der Waals surface area contributed by atoms with Gasteiger partial charge in [-0.2, -0.15) is 0 Å². The SMILES string of the molecule is CC(=O)N(c1nc(CSc2nnc3c(Cl)cc(Cl)cn23)cs1)c1ccc(C)cc1C. The number of thioether (sulfide) groups is 1. The molecule has 154 valence electrons. The predicted molar refractivity (Wildman–Crippen MR) is 123 cm³/mol. The number of hydrogen-bond acceptors (Lipinski definition) is 6.